The fourth-order valence-corrected chi connectivity index (χ4v) is 2.90. The summed E-state index contributed by atoms with van der Waals surface area (Å²) >= 11 is 0. The zero-order valence-corrected chi connectivity index (χ0v) is 11.7. The second-order valence-electron chi connectivity index (χ2n) is 5.61. The van der Waals surface area contributed by atoms with Gasteiger partial charge in [0.25, 0.3) is 0 Å². The first-order valence-electron chi connectivity index (χ1n) is 7.23. The third-order valence-corrected chi connectivity index (χ3v) is 4.16. The predicted molar refractivity (Wildman–Crippen MR) is 75.9 cm³/mol. The van der Waals surface area contributed by atoms with Crippen LogP contribution in [-0.4, -0.2) is 21.2 Å². The summed E-state index contributed by atoms with van der Waals surface area (Å²) in [5.41, 5.74) is 8.25. The molecule has 1 fully saturated rings. The van der Waals surface area contributed by atoms with Crippen molar-refractivity contribution in [2.24, 2.45) is 11.7 Å². The van der Waals surface area contributed by atoms with Crippen LogP contribution in [0.5, 0.6) is 0 Å². The summed E-state index contributed by atoms with van der Waals surface area (Å²) in [6, 6.07) is 2.07. The maximum atomic E-state index is 6.25. The maximum absolute atomic E-state index is 6.25. The highest BCUT2D eigenvalue weighted by molar-refractivity contribution is 5.57. The fraction of sp³-hybridized carbons (Fsp3) is 0.533. The number of nitrogens with two attached hydrogens (primary N) is 1. The first kappa shape index (κ1) is 13.2. The molecule has 20 heavy (non-hydrogen) atoms. The number of pyridine rings is 1. The lowest BCUT2D eigenvalue weighted by molar-refractivity contribution is 0.341. The van der Waals surface area contributed by atoms with Gasteiger partial charge in [-0.15, -0.1) is 0 Å². The van der Waals surface area contributed by atoms with Crippen LogP contribution < -0.4 is 5.73 Å². The van der Waals surface area contributed by atoms with E-state index in [0.717, 1.165) is 11.1 Å². The van der Waals surface area contributed by atoms with Crippen LogP contribution in [0.4, 0.5) is 0 Å². The zero-order valence-electron chi connectivity index (χ0n) is 11.7. The van der Waals surface area contributed by atoms with Crippen molar-refractivity contribution in [3.63, 3.8) is 0 Å². The number of nitrogens with zero attached hydrogens (tertiary/aromatic N) is 3. The molecule has 0 saturated heterocycles. The van der Waals surface area contributed by atoms with E-state index in [1.54, 1.807) is 12.4 Å². The highest BCUT2D eigenvalue weighted by Crippen LogP contribution is 2.28. The van der Waals surface area contributed by atoms with Crippen LogP contribution in [-0.2, 0) is 6.42 Å². The second-order valence-corrected chi connectivity index (χ2v) is 5.61. The number of aryl methyl sites for hydroxylation is 1. The molecule has 0 spiro atoms. The first-order valence-corrected chi connectivity index (χ1v) is 7.23. The molecule has 106 valence electrons. The minimum absolute atomic E-state index is 0.126. The Morgan fingerprint density at radius 2 is 2.20 bits per heavy atom. The van der Waals surface area contributed by atoms with E-state index < -0.39 is 0 Å². The van der Waals surface area contributed by atoms with Crippen molar-refractivity contribution in [1.82, 2.24) is 15.1 Å². The summed E-state index contributed by atoms with van der Waals surface area (Å²) < 4.78 is 5.34. The summed E-state index contributed by atoms with van der Waals surface area (Å²) in [5.74, 6) is 1.83. The lowest BCUT2D eigenvalue weighted by Crippen LogP contribution is -2.30. The average Bonchev–Trinajstić information content (AvgIpc) is 3.10. The van der Waals surface area contributed by atoms with Crippen molar-refractivity contribution >= 4 is 0 Å². The molecular weight excluding hydrogens is 252 g/mol. The molecule has 5 nitrogen and oxygen atoms in total. The molecule has 1 saturated carbocycles. The molecule has 3 rings (SSSR count). The van der Waals surface area contributed by atoms with Crippen LogP contribution in [0, 0.1) is 12.8 Å². The Kier molecular flexibility index (Phi) is 3.78. The Morgan fingerprint density at radius 3 is 2.95 bits per heavy atom. The number of rotatable bonds is 4. The predicted octanol–water partition coefficient (Wildman–Crippen LogP) is 2.50. The van der Waals surface area contributed by atoms with Gasteiger partial charge in [-0.1, -0.05) is 18.0 Å². The second kappa shape index (κ2) is 5.71. The van der Waals surface area contributed by atoms with Gasteiger partial charge < -0.3 is 10.3 Å². The van der Waals surface area contributed by atoms with Gasteiger partial charge in [0.15, 0.2) is 0 Å². The third-order valence-electron chi connectivity index (χ3n) is 4.16. The molecule has 5 heteroatoms. The molecule has 2 N–H and O–H groups in total. The zero-order chi connectivity index (χ0) is 13.9. The normalized spacial score (nSPS) is 17.5. The van der Waals surface area contributed by atoms with Crippen molar-refractivity contribution in [3.8, 4) is 11.4 Å². The third kappa shape index (κ3) is 2.72. The monoisotopic (exact) mass is 272 g/mol. The van der Waals surface area contributed by atoms with Gasteiger partial charge in [0.2, 0.25) is 11.7 Å². The summed E-state index contributed by atoms with van der Waals surface area (Å²) in [5, 5.41) is 4.05. The average molecular weight is 272 g/mol. The van der Waals surface area contributed by atoms with Crippen LogP contribution in [0.2, 0.25) is 0 Å². The van der Waals surface area contributed by atoms with E-state index in [9.17, 15) is 0 Å². The van der Waals surface area contributed by atoms with E-state index in [1.807, 2.05) is 13.0 Å². The standard InChI is InChI=1S/C15H20N4O/c1-10-6-7-17-9-12(10)15-18-14(20-19-15)8-13(16)11-4-2-3-5-11/h6-7,9,11,13H,2-5,8,16H2,1H3. The summed E-state index contributed by atoms with van der Waals surface area (Å²) in [6.07, 6.45) is 9.23. The number of hydrogen-bond donors (Lipinski definition) is 1. The van der Waals surface area contributed by atoms with Crippen LogP contribution in [0.25, 0.3) is 11.4 Å². The largest absolute Gasteiger partial charge is 0.339 e. The van der Waals surface area contributed by atoms with E-state index in [2.05, 4.69) is 15.1 Å². The Balaban J connectivity index is 1.72. The minimum atomic E-state index is 0.126. The molecule has 1 atom stereocenters. The number of aromatic nitrogens is 3. The molecule has 0 aliphatic heterocycles. The van der Waals surface area contributed by atoms with Gasteiger partial charge in [-0.25, -0.2) is 0 Å². The van der Waals surface area contributed by atoms with E-state index in [0.29, 0.717) is 24.1 Å². The Morgan fingerprint density at radius 1 is 1.40 bits per heavy atom. The van der Waals surface area contributed by atoms with Gasteiger partial charge >= 0.3 is 0 Å². The smallest absolute Gasteiger partial charge is 0.228 e. The topological polar surface area (TPSA) is 77.8 Å². The highest BCUT2D eigenvalue weighted by Gasteiger charge is 2.24. The molecule has 2 aromatic rings. The first-order chi connectivity index (χ1) is 9.74. The van der Waals surface area contributed by atoms with Crippen LogP contribution in [0.3, 0.4) is 0 Å². The highest BCUT2D eigenvalue weighted by atomic mass is 16.5. The molecule has 0 aromatic carbocycles. The minimum Gasteiger partial charge on any atom is -0.339 e. The van der Waals surface area contributed by atoms with Gasteiger partial charge in [-0.2, -0.15) is 4.98 Å². The van der Waals surface area contributed by atoms with Gasteiger partial charge in [0, 0.05) is 30.4 Å². The molecule has 0 amide bonds. The van der Waals surface area contributed by atoms with Gasteiger partial charge in [0.05, 0.1) is 0 Å². The Bertz CT molecular complexity index is 575. The molecule has 1 aliphatic carbocycles. The van der Waals surface area contributed by atoms with Crippen molar-refractivity contribution < 1.29 is 4.52 Å². The maximum Gasteiger partial charge on any atom is 0.228 e. The fourth-order valence-electron chi connectivity index (χ4n) is 2.90. The van der Waals surface area contributed by atoms with Crippen molar-refractivity contribution in [2.45, 2.75) is 45.1 Å². The molecule has 1 aliphatic rings. The molecule has 2 heterocycles. The van der Waals surface area contributed by atoms with E-state index in [1.165, 1.54) is 25.7 Å². The lowest BCUT2D eigenvalue weighted by Gasteiger charge is -2.16. The summed E-state index contributed by atoms with van der Waals surface area (Å²) in [7, 11) is 0. The van der Waals surface area contributed by atoms with E-state index in [-0.39, 0.29) is 6.04 Å². The van der Waals surface area contributed by atoms with Crippen molar-refractivity contribution in [2.75, 3.05) is 0 Å². The molecular formula is C15H20N4O. The molecule has 0 bridgehead atoms. The van der Waals surface area contributed by atoms with Gasteiger partial charge in [-0.05, 0) is 37.3 Å². The van der Waals surface area contributed by atoms with Crippen LogP contribution in [0.1, 0.15) is 37.1 Å². The molecule has 0 radical (unpaired) electrons. The van der Waals surface area contributed by atoms with Crippen LogP contribution >= 0.6 is 0 Å². The Hall–Kier alpha value is -1.75. The van der Waals surface area contributed by atoms with Crippen LogP contribution in [0.15, 0.2) is 23.0 Å². The van der Waals surface area contributed by atoms with E-state index >= 15 is 0 Å². The summed E-state index contributed by atoms with van der Waals surface area (Å²) in [6.45, 7) is 2.01. The molecule has 1 unspecified atom stereocenters. The number of hydrogen-bond acceptors (Lipinski definition) is 5. The molecule has 2 aromatic heterocycles. The quantitative estimate of drug-likeness (QED) is 0.925. The van der Waals surface area contributed by atoms with Crippen molar-refractivity contribution in [3.05, 3.63) is 29.9 Å². The van der Waals surface area contributed by atoms with Crippen molar-refractivity contribution in [1.29, 1.82) is 0 Å². The SMILES string of the molecule is Cc1ccncc1-c1noc(CC(N)C2CCCC2)n1. The lowest BCUT2D eigenvalue weighted by atomic mass is 9.96. The van der Waals surface area contributed by atoms with E-state index in [4.69, 9.17) is 10.3 Å². The van der Waals surface area contributed by atoms with Gasteiger partial charge in [-0.3, -0.25) is 4.98 Å². The Labute approximate surface area is 118 Å². The van der Waals surface area contributed by atoms with Gasteiger partial charge in [0.1, 0.15) is 0 Å². The summed E-state index contributed by atoms with van der Waals surface area (Å²) in [4.78, 5) is 8.56.